The summed E-state index contributed by atoms with van der Waals surface area (Å²) in [6, 6.07) is 2.29. The van der Waals surface area contributed by atoms with Gasteiger partial charge in [0.15, 0.2) is 5.65 Å². The number of nitrogen functional groups attached to an aromatic ring is 1. The molecule has 2 rings (SSSR count). The van der Waals surface area contributed by atoms with E-state index in [-0.39, 0.29) is 0 Å². The molecule has 0 saturated heterocycles. The fourth-order valence-corrected chi connectivity index (χ4v) is 1.74. The van der Waals surface area contributed by atoms with Gasteiger partial charge in [0.1, 0.15) is 5.52 Å². The lowest BCUT2D eigenvalue weighted by molar-refractivity contribution is 0.548. The fraction of sp³-hybridized carbons (Fsp3) is 0.455. The van der Waals surface area contributed by atoms with E-state index in [1.54, 1.807) is 6.20 Å². The van der Waals surface area contributed by atoms with Gasteiger partial charge in [-0.2, -0.15) is 0 Å². The molecular weight excluding hydrogens is 188 g/mol. The number of pyridine rings is 1. The van der Waals surface area contributed by atoms with Crippen LogP contribution in [-0.4, -0.2) is 14.5 Å². The molecule has 0 bridgehead atoms. The first-order valence-electron chi connectivity index (χ1n) is 5.24. The largest absolute Gasteiger partial charge is 0.369 e. The minimum atomic E-state index is 0.337. The van der Waals surface area contributed by atoms with Crippen molar-refractivity contribution in [3.05, 3.63) is 17.8 Å². The van der Waals surface area contributed by atoms with Crippen molar-refractivity contribution >= 4 is 17.1 Å². The number of hydrogen-bond acceptors (Lipinski definition) is 3. The minimum Gasteiger partial charge on any atom is -0.369 e. The third-order valence-corrected chi connectivity index (χ3v) is 2.84. The summed E-state index contributed by atoms with van der Waals surface area (Å²) >= 11 is 0. The Hall–Kier alpha value is -1.58. The normalized spacial score (nSPS) is 13.3. The molecule has 80 valence electrons. The molecule has 0 aliphatic heterocycles. The molecule has 0 amide bonds. The molecule has 2 aromatic heterocycles. The average molecular weight is 204 g/mol. The Balaban J connectivity index is 2.73. The molecule has 1 atom stereocenters. The summed E-state index contributed by atoms with van der Waals surface area (Å²) in [6.07, 6.45) is 2.82. The van der Waals surface area contributed by atoms with E-state index < -0.39 is 0 Å². The maximum atomic E-state index is 5.91. The number of rotatable bonds is 2. The van der Waals surface area contributed by atoms with Crippen LogP contribution in [0.3, 0.4) is 0 Å². The van der Waals surface area contributed by atoms with Crippen molar-refractivity contribution < 1.29 is 0 Å². The van der Waals surface area contributed by atoms with Crippen LogP contribution in [0.4, 0.5) is 5.95 Å². The van der Waals surface area contributed by atoms with Crippen LogP contribution < -0.4 is 5.73 Å². The maximum absolute atomic E-state index is 5.91. The summed E-state index contributed by atoms with van der Waals surface area (Å²) in [5.74, 6) is 0.557. The quantitative estimate of drug-likeness (QED) is 0.816. The highest BCUT2D eigenvalue weighted by Crippen LogP contribution is 2.24. The number of imidazole rings is 1. The summed E-state index contributed by atoms with van der Waals surface area (Å²) in [5, 5.41) is 0. The molecule has 4 heteroatoms. The SMILES string of the molecule is CCC(C)n1c(N)nc2c(C)ccnc21. The molecule has 0 fully saturated rings. The lowest BCUT2D eigenvalue weighted by atomic mass is 10.2. The molecule has 0 aliphatic rings. The van der Waals surface area contributed by atoms with Crippen molar-refractivity contribution in [3.8, 4) is 0 Å². The first-order chi connectivity index (χ1) is 7.15. The first kappa shape index (κ1) is 9.96. The van der Waals surface area contributed by atoms with Gasteiger partial charge in [-0.15, -0.1) is 0 Å². The van der Waals surface area contributed by atoms with Gasteiger partial charge in [0.25, 0.3) is 0 Å². The second-order valence-electron chi connectivity index (χ2n) is 3.90. The Morgan fingerprint density at radius 2 is 2.27 bits per heavy atom. The number of aromatic nitrogens is 3. The molecule has 0 spiro atoms. The third kappa shape index (κ3) is 1.46. The van der Waals surface area contributed by atoms with Crippen LogP contribution in [0.1, 0.15) is 31.9 Å². The van der Waals surface area contributed by atoms with Crippen molar-refractivity contribution in [2.75, 3.05) is 5.73 Å². The number of anilines is 1. The Labute approximate surface area is 89.1 Å². The van der Waals surface area contributed by atoms with E-state index in [0.717, 1.165) is 23.1 Å². The number of hydrogen-bond donors (Lipinski definition) is 1. The van der Waals surface area contributed by atoms with Crippen LogP contribution in [-0.2, 0) is 0 Å². The number of nitrogens with zero attached hydrogens (tertiary/aromatic N) is 3. The van der Waals surface area contributed by atoms with E-state index in [1.807, 2.05) is 17.6 Å². The second kappa shape index (κ2) is 3.53. The fourth-order valence-electron chi connectivity index (χ4n) is 1.74. The monoisotopic (exact) mass is 204 g/mol. The molecule has 4 nitrogen and oxygen atoms in total. The summed E-state index contributed by atoms with van der Waals surface area (Å²) in [5.41, 5.74) is 8.83. The molecule has 2 heterocycles. The van der Waals surface area contributed by atoms with E-state index in [0.29, 0.717) is 12.0 Å². The van der Waals surface area contributed by atoms with Crippen molar-refractivity contribution in [2.24, 2.45) is 0 Å². The summed E-state index contributed by atoms with van der Waals surface area (Å²) in [6.45, 7) is 6.28. The number of fused-ring (bicyclic) bond motifs is 1. The molecule has 0 aliphatic carbocycles. The lowest BCUT2D eigenvalue weighted by Gasteiger charge is -2.12. The van der Waals surface area contributed by atoms with E-state index in [4.69, 9.17) is 5.73 Å². The zero-order valence-corrected chi connectivity index (χ0v) is 9.36. The average Bonchev–Trinajstić information content (AvgIpc) is 2.55. The van der Waals surface area contributed by atoms with Crippen LogP contribution in [0, 0.1) is 6.92 Å². The van der Waals surface area contributed by atoms with Gasteiger partial charge >= 0.3 is 0 Å². The molecule has 0 radical (unpaired) electrons. The van der Waals surface area contributed by atoms with E-state index in [1.165, 1.54) is 0 Å². The molecule has 2 aromatic rings. The zero-order chi connectivity index (χ0) is 11.0. The van der Waals surface area contributed by atoms with Gasteiger partial charge in [-0.25, -0.2) is 9.97 Å². The van der Waals surface area contributed by atoms with Crippen LogP contribution in [0.5, 0.6) is 0 Å². The van der Waals surface area contributed by atoms with Gasteiger partial charge in [0.2, 0.25) is 5.95 Å². The van der Waals surface area contributed by atoms with Gasteiger partial charge in [-0.3, -0.25) is 4.57 Å². The highest BCUT2D eigenvalue weighted by molar-refractivity contribution is 5.77. The molecular formula is C11H16N4. The Bertz CT molecular complexity index is 487. The number of nitrogens with two attached hydrogens (primary N) is 1. The molecule has 15 heavy (non-hydrogen) atoms. The predicted octanol–water partition coefficient (Wildman–Crippen LogP) is 2.29. The van der Waals surface area contributed by atoms with Crippen LogP contribution in [0.15, 0.2) is 12.3 Å². The molecule has 0 saturated carbocycles. The van der Waals surface area contributed by atoms with E-state index in [9.17, 15) is 0 Å². The smallest absolute Gasteiger partial charge is 0.202 e. The van der Waals surface area contributed by atoms with Crippen LogP contribution in [0.2, 0.25) is 0 Å². The maximum Gasteiger partial charge on any atom is 0.202 e. The lowest BCUT2D eigenvalue weighted by Crippen LogP contribution is -2.08. The topological polar surface area (TPSA) is 56.7 Å². The van der Waals surface area contributed by atoms with Crippen LogP contribution >= 0.6 is 0 Å². The van der Waals surface area contributed by atoms with Gasteiger partial charge in [0, 0.05) is 12.2 Å². The van der Waals surface area contributed by atoms with E-state index in [2.05, 4.69) is 23.8 Å². The van der Waals surface area contributed by atoms with Gasteiger partial charge in [-0.1, -0.05) is 6.92 Å². The first-order valence-corrected chi connectivity index (χ1v) is 5.24. The van der Waals surface area contributed by atoms with Crippen molar-refractivity contribution in [3.63, 3.8) is 0 Å². The Kier molecular flexibility index (Phi) is 2.34. The molecule has 1 unspecified atom stereocenters. The number of aryl methyl sites for hydroxylation is 1. The summed E-state index contributed by atoms with van der Waals surface area (Å²) in [7, 11) is 0. The summed E-state index contributed by atoms with van der Waals surface area (Å²) < 4.78 is 2.00. The van der Waals surface area contributed by atoms with Crippen molar-refractivity contribution in [2.45, 2.75) is 33.2 Å². The Morgan fingerprint density at radius 1 is 1.53 bits per heavy atom. The van der Waals surface area contributed by atoms with Gasteiger partial charge in [-0.05, 0) is 31.9 Å². The second-order valence-corrected chi connectivity index (χ2v) is 3.90. The van der Waals surface area contributed by atoms with Gasteiger partial charge in [0.05, 0.1) is 0 Å². The summed E-state index contributed by atoms with van der Waals surface area (Å²) in [4.78, 5) is 8.71. The highest BCUT2D eigenvalue weighted by Gasteiger charge is 2.14. The standard InChI is InChI=1S/C11H16N4/c1-4-8(3)15-10-9(14-11(15)12)7(2)5-6-13-10/h5-6,8H,4H2,1-3H3,(H2,12,14). The van der Waals surface area contributed by atoms with Crippen LogP contribution in [0.25, 0.3) is 11.2 Å². The molecule has 2 N–H and O–H groups in total. The molecule has 0 aromatic carbocycles. The Morgan fingerprint density at radius 3 is 2.93 bits per heavy atom. The highest BCUT2D eigenvalue weighted by atomic mass is 15.2. The third-order valence-electron chi connectivity index (χ3n) is 2.84. The van der Waals surface area contributed by atoms with Crippen molar-refractivity contribution in [1.82, 2.24) is 14.5 Å². The van der Waals surface area contributed by atoms with Gasteiger partial charge < -0.3 is 5.73 Å². The minimum absolute atomic E-state index is 0.337. The van der Waals surface area contributed by atoms with E-state index >= 15 is 0 Å². The van der Waals surface area contributed by atoms with Crippen molar-refractivity contribution in [1.29, 1.82) is 0 Å². The zero-order valence-electron chi connectivity index (χ0n) is 9.36. The predicted molar refractivity (Wildman–Crippen MR) is 61.7 cm³/mol.